The largest absolute Gasteiger partial charge is 0.462 e. The smallest absolute Gasteiger partial charge is 0.341 e. The summed E-state index contributed by atoms with van der Waals surface area (Å²) in [5, 5.41) is 3.83. The Balaban J connectivity index is 2.19. The number of nitrogens with zero attached hydrogens (tertiary/aromatic N) is 1. The topological polar surface area (TPSA) is 69.7 Å². The van der Waals surface area contributed by atoms with E-state index in [-0.39, 0.29) is 6.79 Å². The molecule has 6 heteroatoms. The van der Waals surface area contributed by atoms with Gasteiger partial charge in [-0.3, -0.25) is 4.98 Å². The Labute approximate surface area is 115 Å². The lowest BCUT2D eigenvalue weighted by Gasteiger charge is -2.11. The number of hydrogen-bond acceptors (Lipinski definition) is 6. The van der Waals surface area contributed by atoms with Crippen molar-refractivity contribution in [3.63, 3.8) is 0 Å². The molecular weight excluding hydrogens is 260 g/mol. The van der Waals surface area contributed by atoms with Crippen LogP contribution in [0.2, 0.25) is 0 Å². The van der Waals surface area contributed by atoms with E-state index < -0.39 is 5.97 Å². The van der Waals surface area contributed by atoms with Crippen LogP contribution >= 0.6 is 0 Å². The van der Waals surface area contributed by atoms with Gasteiger partial charge >= 0.3 is 5.97 Å². The molecule has 0 atom stereocenters. The van der Waals surface area contributed by atoms with E-state index in [4.69, 9.17) is 14.2 Å². The summed E-state index contributed by atoms with van der Waals surface area (Å²) >= 11 is 0. The fraction of sp³-hybridized carbons (Fsp3) is 0.286. The summed E-state index contributed by atoms with van der Waals surface area (Å²) in [6.45, 7) is 2.29. The molecule has 3 rings (SSSR count). The summed E-state index contributed by atoms with van der Waals surface area (Å²) in [5.74, 6) is 0.914. The Bertz CT molecular complexity index is 684. The molecule has 1 aliphatic heterocycles. The maximum Gasteiger partial charge on any atom is 0.341 e. The van der Waals surface area contributed by atoms with E-state index in [2.05, 4.69) is 10.3 Å². The highest BCUT2D eigenvalue weighted by Crippen LogP contribution is 2.38. The van der Waals surface area contributed by atoms with Crippen LogP contribution < -0.4 is 14.8 Å². The predicted octanol–water partition coefficient (Wildman–Crippen LogP) is 2.18. The van der Waals surface area contributed by atoms with E-state index in [9.17, 15) is 4.79 Å². The van der Waals surface area contributed by atoms with Crippen molar-refractivity contribution in [3.8, 4) is 11.5 Å². The molecule has 0 saturated carbocycles. The highest BCUT2D eigenvalue weighted by Gasteiger charge is 2.20. The number of fused-ring (bicyclic) bond motifs is 2. The van der Waals surface area contributed by atoms with E-state index in [0.29, 0.717) is 29.4 Å². The lowest BCUT2D eigenvalue weighted by Crippen LogP contribution is -2.09. The highest BCUT2D eigenvalue weighted by molar-refractivity contribution is 6.05. The molecule has 104 valence electrons. The van der Waals surface area contributed by atoms with Gasteiger partial charge in [0.2, 0.25) is 6.79 Å². The van der Waals surface area contributed by atoms with Crippen LogP contribution in [0.3, 0.4) is 0 Å². The SMILES string of the molecule is CCOC(=O)c1cnc2cc3c(cc2c1NC)OCO3. The monoisotopic (exact) mass is 274 g/mol. The zero-order chi connectivity index (χ0) is 14.1. The number of carbonyl (C=O) groups is 1. The number of anilines is 1. The molecule has 20 heavy (non-hydrogen) atoms. The summed E-state index contributed by atoms with van der Waals surface area (Å²) in [4.78, 5) is 16.2. The standard InChI is InChI=1S/C14H14N2O4/c1-3-18-14(17)9-6-16-10-5-12-11(19-7-20-12)4-8(10)13(9)15-2/h4-6H,3,7H2,1-2H3,(H,15,16). The predicted molar refractivity (Wildman–Crippen MR) is 73.4 cm³/mol. The van der Waals surface area contributed by atoms with Crippen molar-refractivity contribution in [2.75, 3.05) is 25.8 Å². The summed E-state index contributed by atoms with van der Waals surface area (Å²) in [5.41, 5.74) is 1.80. The average Bonchev–Trinajstić information content (AvgIpc) is 2.91. The molecule has 0 unspecified atom stereocenters. The molecule has 0 spiro atoms. The lowest BCUT2D eigenvalue weighted by molar-refractivity contribution is 0.0527. The molecule has 0 fully saturated rings. The highest BCUT2D eigenvalue weighted by atomic mass is 16.7. The van der Waals surface area contributed by atoms with Gasteiger partial charge < -0.3 is 19.5 Å². The quantitative estimate of drug-likeness (QED) is 0.865. The molecular formula is C14H14N2O4. The van der Waals surface area contributed by atoms with E-state index in [1.165, 1.54) is 6.20 Å². The number of benzene rings is 1. The van der Waals surface area contributed by atoms with Crippen LogP contribution in [0, 0.1) is 0 Å². The van der Waals surface area contributed by atoms with Crippen molar-refractivity contribution < 1.29 is 19.0 Å². The zero-order valence-electron chi connectivity index (χ0n) is 11.2. The number of esters is 1. The second kappa shape index (κ2) is 4.88. The fourth-order valence-electron chi connectivity index (χ4n) is 2.21. The van der Waals surface area contributed by atoms with Crippen LogP contribution in [0.15, 0.2) is 18.3 Å². The van der Waals surface area contributed by atoms with Crippen molar-refractivity contribution in [2.45, 2.75) is 6.92 Å². The minimum Gasteiger partial charge on any atom is -0.462 e. The summed E-state index contributed by atoms with van der Waals surface area (Å²) in [7, 11) is 1.75. The summed E-state index contributed by atoms with van der Waals surface area (Å²) in [6.07, 6.45) is 1.51. The van der Waals surface area contributed by atoms with Crippen molar-refractivity contribution in [3.05, 3.63) is 23.9 Å². The van der Waals surface area contributed by atoms with Crippen molar-refractivity contribution in [1.82, 2.24) is 4.98 Å². The molecule has 1 aliphatic rings. The zero-order valence-corrected chi connectivity index (χ0v) is 11.2. The molecule has 0 saturated heterocycles. The van der Waals surface area contributed by atoms with Gasteiger partial charge in [-0.05, 0) is 13.0 Å². The maximum atomic E-state index is 11.9. The molecule has 0 amide bonds. The molecule has 1 aromatic heterocycles. The second-order valence-electron chi connectivity index (χ2n) is 4.24. The third kappa shape index (κ3) is 1.89. The molecule has 2 aromatic rings. The Morgan fingerprint density at radius 2 is 2.15 bits per heavy atom. The first-order chi connectivity index (χ1) is 9.74. The van der Waals surface area contributed by atoms with Gasteiger partial charge in [0.05, 0.1) is 17.8 Å². The van der Waals surface area contributed by atoms with Crippen molar-refractivity contribution in [2.24, 2.45) is 0 Å². The van der Waals surface area contributed by atoms with Crippen molar-refractivity contribution >= 4 is 22.6 Å². The average molecular weight is 274 g/mol. The number of nitrogens with one attached hydrogen (secondary N) is 1. The fourth-order valence-corrected chi connectivity index (χ4v) is 2.21. The Hall–Kier alpha value is -2.50. The van der Waals surface area contributed by atoms with Gasteiger partial charge in [0.1, 0.15) is 5.56 Å². The Morgan fingerprint density at radius 3 is 2.85 bits per heavy atom. The minimum absolute atomic E-state index is 0.200. The molecule has 1 aromatic carbocycles. The third-order valence-corrected chi connectivity index (χ3v) is 3.11. The summed E-state index contributed by atoms with van der Waals surface area (Å²) in [6, 6.07) is 3.62. The Morgan fingerprint density at radius 1 is 1.40 bits per heavy atom. The van der Waals surface area contributed by atoms with Gasteiger partial charge in [0.25, 0.3) is 0 Å². The van der Waals surface area contributed by atoms with Crippen LogP contribution in [0.5, 0.6) is 11.5 Å². The first-order valence-electron chi connectivity index (χ1n) is 6.31. The second-order valence-corrected chi connectivity index (χ2v) is 4.24. The maximum absolute atomic E-state index is 11.9. The van der Waals surface area contributed by atoms with Crippen LogP contribution in [0.25, 0.3) is 10.9 Å². The van der Waals surface area contributed by atoms with Gasteiger partial charge in [0.15, 0.2) is 11.5 Å². The van der Waals surface area contributed by atoms with Gasteiger partial charge in [-0.1, -0.05) is 0 Å². The molecule has 6 nitrogen and oxygen atoms in total. The number of rotatable bonds is 3. The number of carbonyl (C=O) groups excluding carboxylic acids is 1. The molecule has 0 aliphatic carbocycles. The molecule has 1 N–H and O–H groups in total. The van der Waals surface area contributed by atoms with E-state index >= 15 is 0 Å². The third-order valence-electron chi connectivity index (χ3n) is 3.11. The van der Waals surface area contributed by atoms with Crippen molar-refractivity contribution in [1.29, 1.82) is 0 Å². The van der Waals surface area contributed by atoms with Gasteiger partial charge in [-0.2, -0.15) is 0 Å². The van der Waals surface area contributed by atoms with Gasteiger partial charge in [-0.25, -0.2) is 4.79 Å². The lowest BCUT2D eigenvalue weighted by atomic mass is 10.1. The van der Waals surface area contributed by atoms with E-state index in [1.807, 2.05) is 6.07 Å². The molecule has 2 heterocycles. The van der Waals surface area contributed by atoms with Crippen LogP contribution in [-0.2, 0) is 4.74 Å². The van der Waals surface area contributed by atoms with Crippen LogP contribution in [0.4, 0.5) is 5.69 Å². The van der Waals surface area contributed by atoms with Crippen LogP contribution in [0.1, 0.15) is 17.3 Å². The first kappa shape index (κ1) is 12.5. The summed E-state index contributed by atoms with van der Waals surface area (Å²) < 4.78 is 15.7. The first-order valence-corrected chi connectivity index (χ1v) is 6.31. The van der Waals surface area contributed by atoms with Gasteiger partial charge in [0, 0.05) is 24.7 Å². The normalized spacial score (nSPS) is 12.5. The number of pyridine rings is 1. The minimum atomic E-state index is -0.399. The van der Waals surface area contributed by atoms with Gasteiger partial charge in [-0.15, -0.1) is 0 Å². The Kier molecular flexibility index (Phi) is 3.06. The van der Waals surface area contributed by atoms with Crippen LogP contribution in [-0.4, -0.2) is 31.4 Å². The van der Waals surface area contributed by atoms with E-state index in [0.717, 1.165) is 10.9 Å². The van der Waals surface area contributed by atoms with E-state index in [1.54, 1.807) is 20.0 Å². The molecule has 0 bridgehead atoms. The number of ether oxygens (including phenoxy) is 3. The number of hydrogen-bond donors (Lipinski definition) is 1. The number of aromatic nitrogens is 1. The molecule has 0 radical (unpaired) electrons.